The van der Waals surface area contributed by atoms with Gasteiger partial charge in [0.25, 0.3) is 0 Å². The standard InChI is InChI=1S/C21H26N4O/c1-4-19(11-12-21-15-26-16-23-25-21)9-7-17(2)24-18(3)8-10-20-6-5-13-22-14-20/h4,6-10,14,16,24H,1,3,5,11-13,15H2,2H3/b10-8+,17-7+,19-9+. The molecule has 0 aromatic carbocycles. The van der Waals surface area contributed by atoms with E-state index in [-0.39, 0.29) is 0 Å². The lowest BCUT2D eigenvalue weighted by atomic mass is 10.1. The molecule has 1 N–H and O–H groups in total. The molecule has 0 radical (unpaired) electrons. The Balaban J connectivity index is 1.83. The van der Waals surface area contributed by atoms with Crippen LogP contribution in [0.25, 0.3) is 0 Å². The minimum absolute atomic E-state index is 0.512. The van der Waals surface area contributed by atoms with Gasteiger partial charge in [-0.15, -0.1) is 5.10 Å². The van der Waals surface area contributed by atoms with E-state index in [1.807, 2.05) is 37.4 Å². The maximum atomic E-state index is 5.14. The second kappa shape index (κ2) is 10.8. The molecular formula is C21H26N4O. The van der Waals surface area contributed by atoms with Crippen molar-refractivity contribution in [2.24, 2.45) is 15.2 Å². The van der Waals surface area contributed by atoms with Crippen molar-refractivity contribution in [2.75, 3.05) is 13.2 Å². The summed E-state index contributed by atoms with van der Waals surface area (Å²) in [6, 6.07) is 0. The van der Waals surface area contributed by atoms with Crippen molar-refractivity contribution in [3.8, 4) is 0 Å². The summed E-state index contributed by atoms with van der Waals surface area (Å²) in [5.74, 6) is 0. The van der Waals surface area contributed by atoms with E-state index in [9.17, 15) is 0 Å². The molecule has 2 heterocycles. The van der Waals surface area contributed by atoms with Gasteiger partial charge in [0, 0.05) is 24.2 Å². The van der Waals surface area contributed by atoms with Gasteiger partial charge in [-0.05, 0) is 49.5 Å². The van der Waals surface area contributed by atoms with Crippen LogP contribution < -0.4 is 5.32 Å². The first kappa shape index (κ1) is 19.4. The van der Waals surface area contributed by atoms with Crippen molar-refractivity contribution in [1.29, 1.82) is 0 Å². The molecule has 5 nitrogen and oxygen atoms in total. The maximum Gasteiger partial charge on any atom is 0.195 e. The zero-order valence-electron chi connectivity index (χ0n) is 15.3. The highest BCUT2D eigenvalue weighted by molar-refractivity contribution is 5.87. The average molecular weight is 350 g/mol. The van der Waals surface area contributed by atoms with Gasteiger partial charge in [0.15, 0.2) is 6.40 Å². The van der Waals surface area contributed by atoms with Crippen molar-refractivity contribution in [2.45, 2.75) is 26.2 Å². The zero-order chi connectivity index (χ0) is 18.6. The second-order valence-corrected chi connectivity index (χ2v) is 6.01. The lowest BCUT2D eigenvalue weighted by Crippen LogP contribution is -2.11. The van der Waals surface area contributed by atoms with Gasteiger partial charge < -0.3 is 10.1 Å². The fourth-order valence-electron chi connectivity index (χ4n) is 2.37. The number of dihydropyridines is 1. The molecule has 0 aliphatic carbocycles. The molecule has 0 aromatic heterocycles. The average Bonchev–Trinajstić information content (AvgIpc) is 2.68. The van der Waals surface area contributed by atoms with E-state index in [1.54, 1.807) is 0 Å². The maximum absolute atomic E-state index is 5.14. The van der Waals surface area contributed by atoms with E-state index < -0.39 is 0 Å². The molecule has 0 amide bonds. The fourth-order valence-corrected chi connectivity index (χ4v) is 2.37. The molecule has 136 valence electrons. The van der Waals surface area contributed by atoms with E-state index in [1.165, 1.54) is 6.40 Å². The summed E-state index contributed by atoms with van der Waals surface area (Å²) < 4.78 is 5.14. The van der Waals surface area contributed by atoms with Gasteiger partial charge in [-0.1, -0.05) is 37.5 Å². The monoisotopic (exact) mass is 350 g/mol. The Morgan fingerprint density at radius 1 is 1.38 bits per heavy atom. The van der Waals surface area contributed by atoms with Gasteiger partial charge in [0.2, 0.25) is 0 Å². The van der Waals surface area contributed by atoms with Crippen LogP contribution in [-0.2, 0) is 4.74 Å². The number of rotatable bonds is 9. The normalized spacial score (nSPS) is 17.6. The van der Waals surface area contributed by atoms with E-state index in [2.05, 4.69) is 45.8 Å². The summed E-state index contributed by atoms with van der Waals surface area (Å²) in [6.07, 6.45) is 18.0. The van der Waals surface area contributed by atoms with Gasteiger partial charge >= 0.3 is 0 Å². The Bertz CT molecular complexity index is 733. The number of aliphatic imine (C=N–C) groups is 1. The number of nitrogens with one attached hydrogen (secondary N) is 1. The third kappa shape index (κ3) is 7.30. The van der Waals surface area contributed by atoms with Crippen LogP contribution in [0.3, 0.4) is 0 Å². The highest BCUT2D eigenvalue weighted by Crippen LogP contribution is 2.10. The quantitative estimate of drug-likeness (QED) is 0.632. The first-order valence-electron chi connectivity index (χ1n) is 8.70. The Morgan fingerprint density at radius 3 is 2.96 bits per heavy atom. The number of ether oxygens (including phenoxy) is 1. The SMILES string of the molecule is C=C/C(=C\C=C(/C)NC(=C)/C=C/C1=CCCN=C1)CCC1=NN=COC1. The summed E-state index contributed by atoms with van der Waals surface area (Å²) in [4.78, 5) is 4.26. The largest absolute Gasteiger partial charge is 0.476 e. The molecule has 0 saturated carbocycles. The van der Waals surface area contributed by atoms with Gasteiger partial charge in [-0.2, -0.15) is 5.10 Å². The highest BCUT2D eigenvalue weighted by atomic mass is 16.5. The molecule has 0 saturated heterocycles. The van der Waals surface area contributed by atoms with Gasteiger partial charge in [0.1, 0.15) is 6.61 Å². The molecule has 0 fully saturated rings. The third-order valence-corrected chi connectivity index (χ3v) is 3.80. The number of nitrogens with zero attached hydrogens (tertiary/aromatic N) is 3. The second-order valence-electron chi connectivity index (χ2n) is 6.01. The predicted molar refractivity (Wildman–Crippen MR) is 111 cm³/mol. The lowest BCUT2D eigenvalue weighted by molar-refractivity contribution is 0.370. The summed E-state index contributed by atoms with van der Waals surface area (Å²) in [7, 11) is 0. The fraction of sp³-hybridized carbons (Fsp3) is 0.286. The molecule has 2 rings (SSSR count). The topological polar surface area (TPSA) is 58.3 Å². The van der Waals surface area contributed by atoms with Gasteiger partial charge in [-0.25, -0.2) is 0 Å². The van der Waals surface area contributed by atoms with E-state index in [0.717, 1.165) is 54.1 Å². The molecule has 26 heavy (non-hydrogen) atoms. The lowest BCUT2D eigenvalue weighted by Gasteiger charge is -2.08. The summed E-state index contributed by atoms with van der Waals surface area (Å²) in [5, 5.41) is 11.1. The van der Waals surface area contributed by atoms with Crippen LogP contribution in [0, 0.1) is 0 Å². The molecule has 0 bridgehead atoms. The van der Waals surface area contributed by atoms with E-state index in [4.69, 9.17) is 4.74 Å². The Hall–Kier alpha value is -2.95. The summed E-state index contributed by atoms with van der Waals surface area (Å²) in [5.41, 5.74) is 5.03. The van der Waals surface area contributed by atoms with Crippen LogP contribution >= 0.6 is 0 Å². The molecule has 5 heteroatoms. The Labute approximate surface area is 155 Å². The smallest absolute Gasteiger partial charge is 0.195 e. The predicted octanol–water partition coefficient (Wildman–Crippen LogP) is 4.26. The first-order valence-corrected chi connectivity index (χ1v) is 8.70. The highest BCUT2D eigenvalue weighted by Gasteiger charge is 2.04. The molecular weight excluding hydrogens is 324 g/mol. The molecule has 0 atom stereocenters. The molecule has 2 aliphatic heterocycles. The molecule has 2 aliphatic rings. The number of allylic oxidation sites excluding steroid dienone is 8. The number of hydrogen-bond donors (Lipinski definition) is 1. The molecule has 0 unspecified atom stereocenters. The minimum atomic E-state index is 0.512. The van der Waals surface area contributed by atoms with Gasteiger partial charge in [0.05, 0.1) is 5.71 Å². The van der Waals surface area contributed by atoms with Crippen molar-refractivity contribution < 1.29 is 4.74 Å². The van der Waals surface area contributed by atoms with Crippen molar-refractivity contribution in [3.05, 3.63) is 72.2 Å². The van der Waals surface area contributed by atoms with Gasteiger partial charge in [-0.3, -0.25) is 4.99 Å². The Morgan fingerprint density at radius 2 is 2.27 bits per heavy atom. The third-order valence-electron chi connectivity index (χ3n) is 3.80. The van der Waals surface area contributed by atoms with Crippen LogP contribution in [0.1, 0.15) is 26.2 Å². The van der Waals surface area contributed by atoms with Crippen LogP contribution in [0.2, 0.25) is 0 Å². The Kier molecular flexibility index (Phi) is 8.06. The first-order chi connectivity index (χ1) is 12.7. The van der Waals surface area contributed by atoms with Crippen LogP contribution in [0.15, 0.2) is 87.3 Å². The minimum Gasteiger partial charge on any atom is -0.476 e. The zero-order valence-corrected chi connectivity index (χ0v) is 15.3. The van der Waals surface area contributed by atoms with E-state index >= 15 is 0 Å². The summed E-state index contributed by atoms with van der Waals surface area (Å²) in [6.45, 7) is 11.3. The molecule has 0 aromatic rings. The molecule has 0 spiro atoms. The summed E-state index contributed by atoms with van der Waals surface area (Å²) >= 11 is 0. The van der Waals surface area contributed by atoms with E-state index in [0.29, 0.717) is 6.61 Å². The van der Waals surface area contributed by atoms with Crippen molar-refractivity contribution in [1.82, 2.24) is 5.32 Å². The number of hydrogen-bond acceptors (Lipinski definition) is 5. The van der Waals surface area contributed by atoms with Crippen LogP contribution in [-0.4, -0.2) is 31.5 Å². The van der Waals surface area contributed by atoms with Crippen molar-refractivity contribution in [3.63, 3.8) is 0 Å². The van der Waals surface area contributed by atoms with Crippen LogP contribution in [0.5, 0.6) is 0 Å². The van der Waals surface area contributed by atoms with Crippen molar-refractivity contribution >= 4 is 18.3 Å². The van der Waals surface area contributed by atoms with Crippen LogP contribution in [0.4, 0.5) is 0 Å².